The van der Waals surface area contributed by atoms with Crippen LogP contribution in [0.4, 0.5) is 0 Å². The van der Waals surface area contributed by atoms with Crippen molar-refractivity contribution in [3.63, 3.8) is 0 Å². The van der Waals surface area contributed by atoms with Crippen molar-refractivity contribution in [2.24, 2.45) is 22.2 Å². The molecule has 0 aliphatic heterocycles. The molecule has 2 atom stereocenters. The fourth-order valence-electron chi connectivity index (χ4n) is 3.39. The molecule has 2 rings (SSSR count). The molecule has 1 saturated carbocycles. The van der Waals surface area contributed by atoms with E-state index in [1.54, 1.807) is 0 Å². The fraction of sp³-hybridized carbons (Fsp3) is 0.562. The van der Waals surface area contributed by atoms with Crippen molar-refractivity contribution in [3.05, 3.63) is 28.2 Å². The number of nitrogens with zero attached hydrogens (tertiary/aromatic N) is 1. The number of rotatable bonds is 3. The third-order valence-corrected chi connectivity index (χ3v) is 4.46. The molecular weight excluding hydrogens is 332 g/mol. The van der Waals surface area contributed by atoms with Gasteiger partial charge in [-0.15, -0.1) is 0 Å². The van der Waals surface area contributed by atoms with E-state index in [2.05, 4.69) is 41.9 Å². The number of hydrogen-bond acceptors (Lipinski definition) is 3. The van der Waals surface area contributed by atoms with Crippen molar-refractivity contribution in [3.8, 4) is 5.75 Å². The van der Waals surface area contributed by atoms with Gasteiger partial charge in [0.1, 0.15) is 5.75 Å². The Morgan fingerprint density at radius 1 is 1.43 bits per heavy atom. The van der Waals surface area contributed by atoms with Crippen molar-refractivity contribution in [2.75, 3.05) is 0 Å². The maximum Gasteiger partial charge on any atom is 0.173 e. The molecule has 1 aromatic carbocycles. The lowest BCUT2D eigenvalue weighted by Gasteiger charge is -2.39. The maximum atomic E-state index is 8.93. The van der Waals surface area contributed by atoms with Crippen molar-refractivity contribution in [2.45, 2.75) is 46.1 Å². The van der Waals surface area contributed by atoms with Crippen molar-refractivity contribution in [1.29, 1.82) is 0 Å². The molecule has 1 aliphatic carbocycles. The first kappa shape index (κ1) is 16.1. The van der Waals surface area contributed by atoms with E-state index < -0.39 is 0 Å². The first-order chi connectivity index (χ1) is 9.80. The molecule has 1 fully saturated rings. The summed E-state index contributed by atoms with van der Waals surface area (Å²) >= 11 is 3.40. The van der Waals surface area contributed by atoms with Gasteiger partial charge in [-0.25, -0.2) is 0 Å². The van der Waals surface area contributed by atoms with Crippen LogP contribution in [0, 0.1) is 11.3 Å². The Bertz CT molecular complexity index is 543. The van der Waals surface area contributed by atoms with Gasteiger partial charge in [-0.05, 0) is 48.8 Å². The third kappa shape index (κ3) is 4.13. The summed E-state index contributed by atoms with van der Waals surface area (Å²) in [6, 6.07) is 5.58. The Balaban J connectivity index is 2.23. The minimum absolute atomic E-state index is 0.0643. The highest BCUT2D eigenvalue weighted by Crippen LogP contribution is 2.40. The molecule has 4 nitrogen and oxygen atoms in total. The molecule has 0 saturated heterocycles. The monoisotopic (exact) mass is 354 g/mol. The van der Waals surface area contributed by atoms with Gasteiger partial charge in [-0.3, -0.25) is 0 Å². The van der Waals surface area contributed by atoms with E-state index in [1.165, 1.54) is 6.42 Å². The second kappa shape index (κ2) is 6.26. The number of halogens is 1. The van der Waals surface area contributed by atoms with Crippen LogP contribution in [-0.4, -0.2) is 17.1 Å². The van der Waals surface area contributed by atoms with Crippen LogP contribution in [0.3, 0.4) is 0 Å². The first-order valence-electron chi connectivity index (χ1n) is 7.25. The summed E-state index contributed by atoms with van der Waals surface area (Å²) in [5.41, 5.74) is 6.65. The Morgan fingerprint density at radius 3 is 2.76 bits per heavy atom. The number of oxime groups is 1. The highest BCUT2D eigenvalue weighted by Gasteiger charge is 2.33. The quantitative estimate of drug-likeness (QED) is 0.371. The van der Waals surface area contributed by atoms with Crippen LogP contribution in [0.1, 0.15) is 45.6 Å². The fourth-order valence-corrected chi connectivity index (χ4v) is 3.75. The van der Waals surface area contributed by atoms with Gasteiger partial charge in [-0.2, -0.15) is 0 Å². The summed E-state index contributed by atoms with van der Waals surface area (Å²) in [7, 11) is 0. The molecule has 0 aromatic heterocycles. The van der Waals surface area contributed by atoms with E-state index in [0.29, 0.717) is 17.2 Å². The number of nitrogens with two attached hydrogens (primary N) is 1. The molecule has 1 aliphatic rings. The number of benzene rings is 1. The summed E-state index contributed by atoms with van der Waals surface area (Å²) in [6.07, 6.45) is 3.44. The second-order valence-corrected chi connectivity index (χ2v) is 7.69. The predicted molar refractivity (Wildman–Crippen MR) is 87.9 cm³/mol. The lowest BCUT2D eigenvalue weighted by molar-refractivity contribution is 0.0561. The van der Waals surface area contributed by atoms with E-state index in [-0.39, 0.29) is 17.4 Å². The summed E-state index contributed by atoms with van der Waals surface area (Å²) in [5, 5.41) is 12.0. The van der Waals surface area contributed by atoms with Gasteiger partial charge in [0.2, 0.25) is 0 Å². The van der Waals surface area contributed by atoms with E-state index >= 15 is 0 Å². The van der Waals surface area contributed by atoms with Crippen LogP contribution in [-0.2, 0) is 0 Å². The van der Waals surface area contributed by atoms with Gasteiger partial charge >= 0.3 is 0 Å². The molecule has 2 unspecified atom stereocenters. The normalized spacial score (nSPS) is 25.6. The van der Waals surface area contributed by atoms with Gasteiger partial charge in [-0.1, -0.05) is 41.9 Å². The van der Waals surface area contributed by atoms with E-state index in [0.717, 1.165) is 17.3 Å². The van der Waals surface area contributed by atoms with Gasteiger partial charge < -0.3 is 15.7 Å². The van der Waals surface area contributed by atoms with Gasteiger partial charge in [0.05, 0.1) is 11.7 Å². The molecule has 0 amide bonds. The summed E-state index contributed by atoms with van der Waals surface area (Å²) in [5.74, 6) is 1.37. The zero-order chi connectivity index (χ0) is 15.6. The molecule has 0 radical (unpaired) electrons. The SMILES string of the molecule is CC1CC(Oc2ccc(Br)cc2/C(N)=N/O)CC(C)(C)C1. The van der Waals surface area contributed by atoms with E-state index in [9.17, 15) is 0 Å². The summed E-state index contributed by atoms with van der Waals surface area (Å²) in [4.78, 5) is 0. The zero-order valence-electron chi connectivity index (χ0n) is 12.8. The molecule has 3 N–H and O–H groups in total. The third-order valence-electron chi connectivity index (χ3n) is 3.97. The smallest absolute Gasteiger partial charge is 0.173 e. The Labute approximate surface area is 134 Å². The minimum Gasteiger partial charge on any atom is -0.490 e. The molecule has 116 valence electrons. The van der Waals surface area contributed by atoms with E-state index in [1.807, 2.05) is 18.2 Å². The Kier molecular flexibility index (Phi) is 4.81. The lowest BCUT2D eigenvalue weighted by atomic mass is 9.71. The standard InChI is InChI=1S/C16H23BrN2O2/c1-10-6-12(9-16(2,3)8-10)21-14-5-4-11(17)7-13(14)15(18)19-20/h4-5,7,10,12,20H,6,8-9H2,1-3H3,(H2,18,19). The first-order valence-corrected chi connectivity index (χ1v) is 8.04. The number of hydrogen-bond donors (Lipinski definition) is 2. The van der Waals surface area contributed by atoms with Crippen molar-refractivity contribution >= 4 is 21.8 Å². The largest absolute Gasteiger partial charge is 0.490 e. The molecule has 0 spiro atoms. The topological polar surface area (TPSA) is 67.8 Å². The second-order valence-electron chi connectivity index (χ2n) is 6.78. The van der Waals surface area contributed by atoms with Crippen LogP contribution >= 0.6 is 15.9 Å². The van der Waals surface area contributed by atoms with Crippen LogP contribution in [0.15, 0.2) is 27.8 Å². The van der Waals surface area contributed by atoms with Crippen molar-refractivity contribution < 1.29 is 9.94 Å². The molecule has 21 heavy (non-hydrogen) atoms. The van der Waals surface area contributed by atoms with Gasteiger partial charge in [0.15, 0.2) is 5.84 Å². The van der Waals surface area contributed by atoms with E-state index in [4.69, 9.17) is 15.7 Å². The van der Waals surface area contributed by atoms with Crippen LogP contribution in [0.25, 0.3) is 0 Å². The summed E-state index contributed by atoms with van der Waals surface area (Å²) in [6.45, 7) is 6.83. The highest BCUT2D eigenvalue weighted by molar-refractivity contribution is 9.10. The van der Waals surface area contributed by atoms with Crippen molar-refractivity contribution in [1.82, 2.24) is 0 Å². The highest BCUT2D eigenvalue weighted by atomic mass is 79.9. The number of amidine groups is 1. The molecule has 1 aromatic rings. The predicted octanol–water partition coefficient (Wildman–Crippen LogP) is 4.14. The Hall–Kier alpha value is -1.23. The average molecular weight is 355 g/mol. The average Bonchev–Trinajstić information content (AvgIpc) is 2.37. The zero-order valence-corrected chi connectivity index (χ0v) is 14.4. The molecule has 0 heterocycles. The van der Waals surface area contributed by atoms with Crippen LogP contribution < -0.4 is 10.5 Å². The Morgan fingerprint density at radius 2 is 2.14 bits per heavy atom. The number of ether oxygens (including phenoxy) is 1. The molecule has 0 bridgehead atoms. The minimum atomic E-state index is 0.0643. The van der Waals surface area contributed by atoms with Crippen LogP contribution in [0.5, 0.6) is 5.75 Å². The summed E-state index contributed by atoms with van der Waals surface area (Å²) < 4.78 is 7.05. The molecular formula is C16H23BrN2O2. The lowest BCUT2D eigenvalue weighted by Crippen LogP contribution is -2.34. The van der Waals surface area contributed by atoms with Gasteiger partial charge in [0.25, 0.3) is 0 Å². The maximum absolute atomic E-state index is 8.93. The van der Waals surface area contributed by atoms with Gasteiger partial charge in [0, 0.05) is 4.47 Å². The molecule has 5 heteroatoms. The van der Waals surface area contributed by atoms with Crippen LogP contribution in [0.2, 0.25) is 0 Å².